The first-order valence-electron chi connectivity index (χ1n) is 4.77. The normalized spacial score (nSPS) is 12.6. The minimum atomic E-state index is -0.227. The summed E-state index contributed by atoms with van der Waals surface area (Å²) in [5.74, 6) is -0.227. The SMILES string of the molecule is NC(=O)CCCCC(N)c1cccs1. The van der Waals surface area contributed by atoms with Gasteiger partial charge < -0.3 is 11.5 Å². The summed E-state index contributed by atoms with van der Waals surface area (Å²) in [4.78, 5) is 11.7. The van der Waals surface area contributed by atoms with Gasteiger partial charge in [0.2, 0.25) is 5.91 Å². The molecule has 3 nitrogen and oxygen atoms in total. The average molecular weight is 212 g/mol. The zero-order valence-electron chi connectivity index (χ0n) is 8.11. The Bertz CT molecular complexity index is 272. The summed E-state index contributed by atoms with van der Waals surface area (Å²) in [7, 11) is 0. The largest absolute Gasteiger partial charge is 0.370 e. The Morgan fingerprint density at radius 3 is 2.86 bits per heavy atom. The van der Waals surface area contributed by atoms with Crippen molar-refractivity contribution in [3.8, 4) is 0 Å². The van der Waals surface area contributed by atoms with Crippen LogP contribution in [0.5, 0.6) is 0 Å². The number of carbonyl (C=O) groups is 1. The molecule has 0 aliphatic carbocycles. The molecule has 1 aromatic heterocycles. The van der Waals surface area contributed by atoms with E-state index in [9.17, 15) is 4.79 Å². The number of thiophene rings is 1. The zero-order chi connectivity index (χ0) is 10.4. The number of carbonyl (C=O) groups excluding carboxylic acids is 1. The topological polar surface area (TPSA) is 69.1 Å². The quantitative estimate of drug-likeness (QED) is 0.706. The molecule has 0 aromatic carbocycles. The van der Waals surface area contributed by atoms with Gasteiger partial charge in [-0.15, -0.1) is 11.3 Å². The molecule has 1 amide bonds. The van der Waals surface area contributed by atoms with Crippen LogP contribution in [0, 0.1) is 0 Å². The number of hydrogen-bond acceptors (Lipinski definition) is 3. The van der Waals surface area contributed by atoms with E-state index in [4.69, 9.17) is 11.5 Å². The molecule has 1 unspecified atom stereocenters. The Morgan fingerprint density at radius 1 is 1.50 bits per heavy atom. The summed E-state index contributed by atoms with van der Waals surface area (Å²) in [6, 6.07) is 4.16. The molecular weight excluding hydrogens is 196 g/mol. The highest BCUT2D eigenvalue weighted by molar-refractivity contribution is 7.10. The Morgan fingerprint density at radius 2 is 2.29 bits per heavy atom. The molecule has 0 fully saturated rings. The second-order valence-corrected chi connectivity index (χ2v) is 4.31. The second-order valence-electron chi connectivity index (χ2n) is 3.33. The van der Waals surface area contributed by atoms with Crippen LogP contribution in [0.15, 0.2) is 17.5 Å². The maximum absolute atomic E-state index is 10.5. The summed E-state index contributed by atoms with van der Waals surface area (Å²) in [5.41, 5.74) is 11.0. The van der Waals surface area contributed by atoms with E-state index in [1.54, 1.807) is 11.3 Å². The van der Waals surface area contributed by atoms with E-state index in [0.29, 0.717) is 6.42 Å². The van der Waals surface area contributed by atoms with E-state index in [1.165, 1.54) is 4.88 Å². The van der Waals surface area contributed by atoms with E-state index in [-0.39, 0.29) is 11.9 Å². The zero-order valence-corrected chi connectivity index (χ0v) is 8.93. The summed E-state index contributed by atoms with van der Waals surface area (Å²) < 4.78 is 0. The van der Waals surface area contributed by atoms with Crippen molar-refractivity contribution in [3.05, 3.63) is 22.4 Å². The Labute approximate surface area is 88.1 Å². The van der Waals surface area contributed by atoms with E-state index in [0.717, 1.165) is 19.3 Å². The smallest absolute Gasteiger partial charge is 0.217 e. The van der Waals surface area contributed by atoms with Gasteiger partial charge in [0, 0.05) is 17.3 Å². The van der Waals surface area contributed by atoms with Crippen LogP contribution in [-0.2, 0) is 4.79 Å². The van der Waals surface area contributed by atoms with Gasteiger partial charge in [-0.05, 0) is 24.3 Å². The first-order chi connectivity index (χ1) is 6.70. The lowest BCUT2D eigenvalue weighted by molar-refractivity contribution is -0.118. The van der Waals surface area contributed by atoms with Crippen molar-refractivity contribution in [2.24, 2.45) is 11.5 Å². The van der Waals surface area contributed by atoms with Crippen LogP contribution in [0.4, 0.5) is 0 Å². The number of amides is 1. The maximum Gasteiger partial charge on any atom is 0.217 e. The van der Waals surface area contributed by atoms with Crippen LogP contribution in [-0.4, -0.2) is 5.91 Å². The molecule has 0 saturated carbocycles. The van der Waals surface area contributed by atoms with Crippen LogP contribution in [0.3, 0.4) is 0 Å². The molecule has 14 heavy (non-hydrogen) atoms. The molecule has 1 rings (SSSR count). The van der Waals surface area contributed by atoms with Gasteiger partial charge in [0.1, 0.15) is 0 Å². The molecule has 0 aliphatic heterocycles. The minimum Gasteiger partial charge on any atom is -0.370 e. The van der Waals surface area contributed by atoms with E-state index in [2.05, 4.69) is 0 Å². The molecule has 78 valence electrons. The third kappa shape index (κ3) is 3.89. The van der Waals surface area contributed by atoms with Crippen molar-refractivity contribution < 1.29 is 4.79 Å². The Hall–Kier alpha value is -0.870. The molecule has 0 aliphatic rings. The number of primary amides is 1. The van der Waals surface area contributed by atoms with Crippen molar-refractivity contribution in [3.63, 3.8) is 0 Å². The van der Waals surface area contributed by atoms with Gasteiger partial charge in [-0.1, -0.05) is 12.5 Å². The molecule has 0 bridgehead atoms. The van der Waals surface area contributed by atoms with Gasteiger partial charge in [0.05, 0.1) is 0 Å². The standard InChI is InChI=1S/C10H16N2OS/c11-8(9-5-3-7-14-9)4-1-2-6-10(12)13/h3,5,7-8H,1-2,4,6,11H2,(H2,12,13). The number of unbranched alkanes of at least 4 members (excludes halogenated alkanes) is 1. The highest BCUT2D eigenvalue weighted by atomic mass is 32.1. The van der Waals surface area contributed by atoms with Crippen molar-refractivity contribution in [1.29, 1.82) is 0 Å². The molecule has 4 heteroatoms. The molecular formula is C10H16N2OS. The van der Waals surface area contributed by atoms with Crippen LogP contribution < -0.4 is 11.5 Å². The predicted molar refractivity (Wildman–Crippen MR) is 58.9 cm³/mol. The molecule has 1 aromatic rings. The van der Waals surface area contributed by atoms with Crippen molar-refractivity contribution in [1.82, 2.24) is 0 Å². The Balaban J connectivity index is 2.16. The van der Waals surface area contributed by atoms with Crippen molar-refractivity contribution >= 4 is 17.2 Å². The predicted octanol–water partition coefficient (Wildman–Crippen LogP) is 1.79. The van der Waals surface area contributed by atoms with Gasteiger partial charge in [-0.25, -0.2) is 0 Å². The minimum absolute atomic E-state index is 0.114. The third-order valence-electron chi connectivity index (χ3n) is 2.10. The van der Waals surface area contributed by atoms with Gasteiger partial charge in [-0.2, -0.15) is 0 Å². The Kier molecular flexibility index (Phi) is 4.62. The fourth-order valence-corrected chi connectivity index (χ4v) is 2.07. The van der Waals surface area contributed by atoms with E-state index < -0.39 is 0 Å². The monoisotopic (exact) mass is 212 g/mol. The lowest BCUT2D eigenvalue weighted by atomic mass is 10.1. The molecule has 4 N–H and O–H groups in total. The van der Waals surface area contributed by atoms with E-state index in [1.807, 2.05) is 17.5 Å². The first-order valence-corrected chi connectivity index (χ1v) is 5.65. The summed E-state index contributed by atoms with van der Waals surface area (Å²) in [6.45, 7) is 0. The molecule has 0 spiro atoms. The maximum atomic E-state index is 10.5. The van der Waals surface area contributed by atoms with Gasteiger partial charge in [0.15, 0.2) is 0 Å². The first kappa shape index (κ1) is 11.2. The van der Waals surface area contributed by atoms with E-state index >= 15 is 0 Å². The highest BCUT2D eigenvalue weighted by Crippen LogP contribution is 2.21. The molecule has 0 saturated heterocycles. The van der Waals surface area contributed by atoms with Crippen molar-refractivity contribution in [2.45, 2.75) is 31.7 Å². The summed E-state index contributed by atoms with van der Waals surface area (Å²) in [6.07, 6.45) is 3.20. The van der Waals surface area contributed by atoms with Crippen LogP contribution in [0.2, 0.25) is 0 Å². The third-order valence-corrected chi connectivity index (χ3v) is 3.10. The summed E-state index contributed by atoms with van der Waals surface area (Å²) in [5, 5.41) is 2.03. The lowest BCUT2D eigenvalue weighted by Crippen LogP contribution is -2.11. The summed E-state index contributed by atoms with van der Waals surface area (Å²) >= 11 is 1.68. The fraction of sp³-hybridized carbons (Fsp3) is 0.500. The van der Waals surface area contributed by atoms with Gasteiger partial charge in [-0.3, -0.25) is 4.79 Å². The molecule has 1 heterocycles. The molecule has 1 atom stereocenters. The fourth-order valence-electron chi connectivity index (χ4n) is 1.31. The number of hydrogen-bond donors (Lipinski definition) is 2. The van der Waals surface area contributed by atoms with Crippen LogP contribution in [0.25, 0.3) is 0 Å². The molecule has 0 radical (unpaired) electrons. The highest BCUT2D eigenvalue weighted by Gasteiger charge is 2.06. The van der Waals surface area contributed by atoms with Crippen LogP contribution >= 0.6 is 11.3 Å². The van der Waals surface area contributed by atoms with Crippen molar-refractivity contribution in [2.75, 3.05) is 0 Å². The second kappa shape index (κ2) is 5.78. The lowest BCUT2D eigenvalue weighted by Gasteiger charge is -2.08. The number of nitrogens with two attached hydrogens (primary N) is 2. The van der Waals surface area contributed by atoms with Gasteiger partial charge in [0.25, 0.3) is 0 Å². The van der Waals surface area contributed by atoms with Crippen LogP contribution in [0.1, 0.15) is 36.6 Å². The average Bonchev–Trinajstić information content (AvgIpc) is 2.64. The number of rotatable bonds is 6. The van der Waals surface area contributed by atoms with Gasteiger partial charge >= 0.3 is 0 Å².